The fourth-order valence-electron chi connectivity index (χ4n) is 4.40. The molecule has 39 heavy (non-hydrogen) atoms. The summed E-state index contributed by atoms with van der Waals surface area (Å²) < 4.78 is 17.2. The van der Waals surface area contributed by atoms with Crippen LogP contribution < -0.4 is 20.5 Å². The molecule has 2 aromatic heterocycles. The molecule has 0 amide bonds. The van der Waals surface area contributed by atoms with E-state index in [1.165, 1.54) is 11.8 Å². The van der Waals surface area contributed by atoms with E-state index in [0.717, 1.165) is 41.7 Å². The van der Waals surface area contributed by atoms with E-state index in [0.29, 0.717) is 40.2 Å². The molecule has 0 radical (unpaired) electrons. The number of nitrogens with zero attached hydrogens (tertiary/aromatic N) is 3. The molecule has 2 heterocycles. The highest BCUT2D eigenvalue weighted by molar-refractivity contribution is 7.99. The molecule has 1 atom stereocenters. The topological polar surface area (TPSA) is 137 Å². The largest absolute Gasteiger partial charge is 0.493 e. The highest BCUT2D eigenvalue weighted by atomic mass is 32.2. The number of hydrogen-bond acceptors (Lipinski definition) is 10. The second-order valence-electron chi connectivity index (χ2n) is 9.44. The van der Waals surface area contributed by atoms with Gasteiger partial charge in [0.1, 0.15) is 18.0 Å². The third-order valence-electron chi connectivity index (χ3n) is 6.44. The SMILES string of the molecule is COc1cc2c(Nc3cc(C)[nH]n3)nc(Sc3ccccc3)nc2cc1OCCC(N)C(=O)OC1CCCC1. The highest BCUT2D eigenvalue weighted by Crippen LogP contribution is 2.37. The molecule has 5 rings (SSSR count). The second kappa shape index (κ2) is 12.4. The van der Waals surface area contributed by atoms with Crippen LogP contribution in [0.2, 0.25) is 0 Å². The molecule has 1 unspecified atom stereocenters. The molecule has 1 saturated carbocycles. The number of H-pyrrole nitrogens is 1. The first-order chi connectivity index (χ1) is 19.0. The van der Waals surface area contributed by atoms with Crippen LogP contribution in [0.15, 0.2) is 58.6 Å². The van der Waals surface area contributed by atoms with Gasteiger partial charge < -0.3 is 25.3 Å². The summed E-state index contributed by atoms with van der Waals surface area (Å²) in [6, 6.07) is 14.7. The molecule has 0 bridgehead atoms. The van der Waals surface area contributed by atoms with Crippen molar-refractivity contribution in [1.82, 2.24) is 20.2 Å². The minimum Gasteiger partial charge on any atom is -0.493 e. The number of methoxy groups -OCH3 is 1. The number of nitrogens with two attached hydrogens (primary N) is 1. The second-order valence-corrected chi connectivity index (χ2v) is 10.5. The minimum absolute atomic E-state index is 0.0131. The molecule has 0 aliphatic heterocycles. The molecule has 1 aliphatic rings. The Kier molecular flexibility index (Phi) is 8.48. The van der Waals surface area contributed by atoms with E-state index in [2.05, 4.69) is 15.5 Å². The van der Waals surface area contributed by atoms with E-state index in [1.807, 2.05) is 55.5 Å². The number of ether oxygens (including phenoxy) is 3. The Hall–Kier alpha value is -3.83. The maximum absolute atomic E-state index is 12.4. The number of benzene rings is 2. The lowest BCUT2D eigenvalue weighted by Crippen LogP contribution is -2.35. The number of aromatic amines is 1. The summed E-state index contributed by atoms with van der Waals surface area (Å²) in [6.07, 6.45) is 4.30. The first-order valence-electron chi connectivity index (χ1n) is 13.0. The van der Waals surface area contributed by atoms with Gasteiger partial charge in [-0.15, -0.1) is 0 Å². The van der Waals surface area contributed by atoms with E-state index in [1.54, 1.807) is 7.11 Å². The maximum atomic E-state index is 12.4. The van der Waals surface area contributed by atoms with Crippen LogP contribution in [0.1, 0.15) is 37.8 Å². The van der Waals surface area contributed by atoms with Crippen LogP contribution in [0.5, 0.6) is 11.5 Å². The number of aromatic nitrogens is 4. The van der Waals surface area contributed by atoms with Crippen molar-refractivity contribution in [3.8, 4) is 11.5 Å². The summed E-state index contributed by atoms with van der Waals surface area (Å²) in [5, 5.41) is 11.8. The van der Waals surface area contributed by atoms with Crippen LogP contribution in [0.4, 0.5) is 11.6 Å². The molecule has 0 spiro atoms. The number of anilines is 2. The Morgan fingerprint density at radius 2 is 1.95 bits per heavy atom. The predicted octanol–water partition coefficient (Wildman–Crippen LogP) is 5.15. The first-order valence-corrected chi connectivity index (χ1v) is 13.8. The number of hydrogen-bond donors (Lipinski definition) is 3. The van der Waals surface area contributed by atoms with Crippen LogP contribution in [-0.2, 0) is 9.53 Å². The standard InChI is InChI=1S/C28H32N6O4S/c1-17-14-25(34-33-17)31-26-20-15-23(36-2)24(37-13-12-21(29)27(35)38-18-8-6-7-9-18)16-22(20)30-28(32-26)39-19-10-4-3-5-11-19/h3-5,10-11,14-16,18,21H,6-9,12-13,29H2,1-2H3,(H2,30,31,32,33,34). The normalized spacial score (nSPS) is 14.3. The molecule has 4 N–H and O–H groups in total. The number of rotatable bonds is 11. The van der Waals surface area contributed by atoms with E-state index in [9.17, 15) is 4.79 Å². The Morgan fingerprint density at radius 3 is 2.67 bits per heavy atom. The van der Waals surface area contributed by atoms with Crippen molar-refractivity contribution in [1.29, 1.82) is 0 Å². The smallest absolute Gasteiger partial charge is 0.323 e. The van der Waals surface area contributed by atoms with Gasteiger partial charge in [-0.3, -0.25) is 9.89 Å². The van der Waals surface area contributed by atoms with Crippen LogP contribution in [-0.4, -0.2) is 52.0 Å². The van der Waals surface area contributed by atoms with Crippen LogP contribution in [0, 0.1) is 6.92 Å². The molecule has 4 aromatic rings. The number of esters is 1. The third kappa shape index (κ3) is 6.79. The van der Waals surface area contributed by atoms with Gasteiger partial charge >= 0.3 is 5.97 Å². The molecular weight excluding hydrogens is 516 g/mol. The molecule has 1 fully saturated rings. The summed E-state index contributed by atoms with van der Waals surface area (Å²) in [4.78, 5) is 22.9. The van der Waals surface area contributed by atoms with Crippen molar-refractivity contribution in [2.24, 2.45) is 5.73 Å². The molecular formula is C28H32N6O4S. The number of fused-ring (bicyclic) bond motifs is 1. The van der Waals surface area contributed by atoms with E-state index >= 15 is 0 Å². The van der Waals surface area contributed by atoms with Crippen LogP contribution in [0.3, 0.4) is 0 Å². The summed E-state index contributed by atoms with van der Waals surface area (Å²) in [7, 11) is 1.57. The molecule has 11 heteroatoms. The zero-order chi connectivity index (χ0) is 27.2. The Bertz CT molecular complexity index is 1420. The third-order valence-corrected chi connectivity index (χ3v) is 7.31. The molecule has 10 nitrogen and oxygen atoms in total. The van der Waals surface area contributed by atoms with Gasteiger partial charge in [-0.2, -0.15) is 5.10 Å². The number of carbonyl (C=O) groups is 1. The Labute approximate surface area is 231 Å². The minimum atomic E-state index is -0.749. The van der Waals surface area contributed by atoms with E-state index in [-0.39, 0.29) is 18.7 Å². The van der Waals surface area contributed by atoms with Crippen molar-refractivity contribution in [2.75, 3.05) is 19.0 Å². The van der Waals surface area contributed by atoms with Crippen LogP contribution >= 0.6 is 11.8 Å². The molecule has 1 aliphatic carbocycles. The van der Waals surface area contributed by atoms with Gasteiger partial charge in [0, 0.05) is 34.5 Å². The molecule has 0 saturated heterocycles. The quantitative estimate of drug-likeness (QED) is 0.170. The maximum Gasteiger partial charge on any atom is 0.323 e. The molecule has 204 valence electrons. The van der Waals surface area contributed by atoms with Gasteiger partial charge in [0.25, 0.3) is 0 Å². The van der Waals surface area contributed by atoms with Crippen molar-refractivity contribution < 1.29 is 19.0 Å². The lowest BCUT2D eigenvalue weighted by Gasteiger charge is -2.17. The predicted molar refractivity (Wildman–Crippen MR) is 150 cm³/mol. The zero-order valence-electron chi connectivity index (χ0n) is 22.0. The average Bonchev–Trinajstić information content (AvgIpc) is 3.60. The Balaban J connectivity index is 1.37. The van der Waals surface area contributed by atoms with Crippen molar-refractivity contribution in [3.63, 3.8) is 0 Å². The van der Waals surface area contributed by atoms with Crippen molar-refractivity contribution in [3.05, 3.63) is 54.2 Å². The highest BCUT2D eigenvalue weighted by Gasteiger charge is 2.23. The summed E-state index contributed by atoms with van der Waals surface area (Å²) in [5.41, 5.74) is 7.67. The van der Waals surface area contributed by atoms with Gasteiger partial charge in [-0.05, 0) is 62.6 Å². The lowest BCUT2D eigenvalue weighted by molar-refractivity contribution is -0.150. The van der Waals surface area contributed by atoms with Gasteiger partial charge in [0.15, 0.2) is 22.5 Å². The van der Waals surface area contributed by atoms with E-state index < -0.39 is 6.04 Å². The van der Waals surface area contributed by atoms with Crippen LogP contribution in [0.25, 0.3) is 10.9 Å². The fourth-order valence-corrected chi connectivity index (χ4v) is 5.18. The van der Waals surface area contributed by atoms with Gasteiger partial charge in [0.05, 0.1) is 19.2 Å². The van der Waals surface area contributed by atoms with Gasteiger partial charge in [-0.1, -0.05) is 18.2 Å². The number of aryl methyl sites for hydroxylation is 1. The Morgan fingerprint density at radius 1 is 1.15 bits per heavy atom. The summed E-state index contributed by atoms with van der Waals surface area (Å²) in [6.45, 7) is 2.15. The monoisotopic (exact) mass is 548 g/mol. The average molecular weight is 549 g/mol. The first kappa shape index (κ1) is 26.8. The van der Waals surface area contributed by atoms with Gasteiger partial charge in [0.2, 0.25) is 0 Å². The van der Waals surface area contributed by atoms with Crippen molar-refractivity contribution in [2.45, 2.75) is 61.2 Å². The summed E-state index contributed by atoms with van der Waals surface area (Å²) >= 11 is 1.46. The zero-order valence-corrected chi connectivity index (χ0v) is 22.8. The number of carbonyl (C=O) groups excluding carboxylic acids is 1. The molecule has 2 aromatic carbocycles. The van der Waals surface area contributed by atoms with E-state index in [4.69, 9.17) is 29.9 Å². The fraction of sp³-hybridized carbons (Fsp3) is 0.357. The van der Waals surface area contributed by atoms with Gasteiger partial charge in [-0.25, -0.2) is 9.97 Å². The summed E-state index contributed by atoms with van der Waals surface area (Å²) in [5.74, 6) is 1.86. The lowest BCUT2D eigenvalue weighted by atomic mass is 10.2. The van der Waals surface area contributed by atoms with Crippen molar-refractivity contribution >= 4 is 40.3 Å². The number of nitrogens with one attached hydrogen (secondary N) is 2.